The Balaban J connectivity index is 1.79. The molecule has 0 aromatic heterocycles. The van der Waals surface area contributed by atoms with Crippen LogP contribution in [0.2, 0.25) is 0 Å². The third-order valence-corrected chi connectivity index (χ3v) is 4.63. The van der Waals surface area contributed by atoms with E-state index in [1.54, 1.807) is 0 Å². The normalized spacial score (nSPS) is 16.0. The SMILES string of the molecule is CCNC(=NCc1ccc(CN2CCCC2)cc1)NCCN(C)CC(F)(F)F. The molecule has 0 unspecified atom stereocenters. The first-order chi connectivity index (χ1) is 13.4. The number of hydrogen-bond donors (Lipinski definition) is 2. The molecule has 8 heteroatoms. The van der Waals surface area contributed by atoms with Crippen LogP contribution in [-0.4, -0.2) is 68.3 Å². The van der Waals surface area contributed by atoms with E-state index in [1.165, 1.54) is 43.4 Å². The van der Waals surface area contributed by atoms with Gasteiger partial charge in [0.05, 0.1) is 13.1 Å². The molecule has 2 N–H and O–H groups in total. The van der Waals surface area contributed by atoms with Crippen LogP contribution in [0.3, 0.4) is 0 Å². The zero-order valence-electron chi connectivity index (χ0n) is 16.9. The summed E-state index contributed by atoms with van der Waals surface area (Å²) in [6.07, 6.45) is -1.59. The van der Waals surface area contributed by atoms with Crippen LogP contribution in [-0.2, 0) is 13.1 Å². The van der Waals surface area contributed by atoms with Gasteiger partial charge in [-0.1, -0.05) is 24.3 Å². The summed E-state index contributed by atoms with van der Waals surface area (Å²) in [4.78, 5) is 8.25. The van der Waals surface area contributed by atoms with E-state index in [0.29, 0.717) is 25.6 Å². The molecule has 0 saturated carbocycles. The Kier molecular flexibility index (Phi) is 9.05. The lowest BCUT2D eigenvalue weighted by Gasteiger charge is -2.19. The van der Waals surface area contributed by atoms with Gasteiger partial charge in [0.15, 0.2) is 5.96 Å². The number of alkyl halides is 3. The minimum absolute atomic E-state index is 0.287. The second kappa shape index (κ2) is 11.3. The van der Waals surface area contributed by atoms with Gasteiger partial charge in [0.2, 0.25) is 0 Å². The van der Waals surface area contributed by atoms with Gasteiger partial charge < -0.3 is 10.6 Å². The number of nitrogens with one attached hydrogen (secondary N) is 2. The third kappa shape index (κ3) is 8.93. The number of halogens is 3. The van der Waals surface area contributed by atoms with Gasteiger partial charge in [0.1, 0.15) is 0 Å². The standard InChI is InChI=1S/C20H32F3N5/c1-3-24-19(25-10-13-27(2)16-20(21,22)23)26-14-17-6-8-18(9-7-17)15-28-11-4-5-12-28/h6-9H,3-5,10-16H2,1-2H3,(H2,24,25,26). The second-order valence-corrected chi connectivity index (χ2v) is 7.27. The zero-order chi connectivity index (χ0) is 20.4. The van der Waals surface area contributed by atoms with Crippen LogP contribution < -0.4 is 10.6 Å². The van der Waals surface area contributed by atoms with Gasteiger partial charge in [0.25, 0.3) is 0 Å². The Hall–Kier alpha value is -1.80. The number of benzene rings is 1. The average Bonchev–Trinajstić information content (AvgIpc) is 3.12. The molecule has 1 aliphatic heterocycles. The Morgan fingerprint density at radius 1 is 1.11 bits per heavy atom. The predicted molar refractivity (Wildman–Crippen MR) is 107 cm³/mol. The van der Waals surface area contributed by atoms with Crippen molar-refractivity contribution in [2.24, 2.45) is 4.99 Å². The molecule has 0 spiro atoms. The van der Waals surface area contributed by atoms with Crippen LogP contribution in [0.5, 0.6) is 0 Å². The van der Waals surface area contributed by atoms with Crippen LogP contribution in [0.15, 0.2) is 29.3 Å². The Bertz CT molecular complexity index is 595. The summed E-state index contributed by atoms with van der Waals surface area (Å²) in [5, 5.41) is 6.22. The Morgan fingerprint density at radius 3 is 2.36 bits per heavy atom. The van der Waals surface area contributed by atoms with E-state index in [9.17, 15) is 13.2 Å². The summed E-state index contributed by atoms with van der Waals surface area (Å²) in [6, 6.07) is 8.48. The second-order valence-electron chi connectivity index (χ2n) is 7.27. The van der Waals surface area contributed by atoms with Crippen LogP contribution in [0.4, 0.5) is 13.2 Å². The minimum Gasteiger partial charge on any atom is -0.357 e. The monoisotopic (exact) mass is 399 g/mol. The first-order valence-electron chi connectivity index (χ1n) is 9.93. The number of rotatable bonds is 9. The zero-order valence-corrected chi connectivity index (χ0v) is 16.9. The predicted octanol–water partition coefficient (Wildman–Crippen LogP) is 2.83. The van der Waals surface area contributed by atoms with Crippen LogP contribution >= 0.6 is 0 Å². The molecular weight excluding hydrogens is 367 g/mol. The molecular formula is C20H32F3N5. The lowest BCUT2D eigenvalue weighted by Crippen LogP contribution is -2.42. The summed E-state index contributed by atoms with van der Waals surface area (Å²) in [5.74, 6) is 0.615. The first-order valence-corrected chi connectivity index (χ1v) is 9.93. The van der Waals surface area contributed by atoms with Crippen molar-refractivity contribution in [1.82, 2.24) is 20.4 Å². The van der Waals surface area contributed by atoms with Gasteiger partial charge in [-0.25, -0.2) is 4.99 Å². The largest absolute Gasteiger partial charge is 0.401 e. The summed E-state index contributed by atoms with van der Waals surface area (Å²) in [6.45, 7) is 6.31. The van der Waals surface area contributed by atoms with E-state index in [0.717, 1.165) is 12.1 Å². The van der Waals surface area contributed by atoms with Crippen molar-refractivity contribution in [3.63, 3.8) is 0 Å². The smallest absolute Gasteiger partial charge is 0.357 e. The van der Waals surface area contributed by atoms with E-state index < -0.39 is 12.7 Å². The van der Waals surface area contributed by atoms with Crippen molar-refractivity contribution >= 4 is 5.96 Å². The van der Waals surface area contributed by atoms with E-state index in [4.69, 9.17) is 0 Å². The highest BCUT2D eigenvalue weighted by Crippen LogP contribution is 2.15. The van der Waals surface area contributed by atoms with Gasteiger partial charge >= 0.3 is 6.18 Å². The van der Waals surface area contributed by atoms with Gasteiger partial charge in [0, 0.05) is 26.2 Å². The van der Waals surface area contributed by atoms with Crippen molar-refractivity contribution in [1.29, 1.82) is 0 Å². The number of aliphatic imine (C=N–C) groups is 1. The molecule has 1 saturated heterocycles. The topological polar surface area (TPSA) is 42.9 Å². The summed E-state index contributed by atoms with van der Waals surface area (Å²) >= 11 is 0. The summed E-state index contributed by atoms with van der Waals surface area (Å²) < 4.78 is 37.1. The van der Waals surface area contributed by atoms with Crippen molar-refractivity contribution < 1.29 is 13.2 Å². The number of hydrogen-bond acceptors (Lipinski definition) is 3. The average molecular weight is 400 g/mol. The molecule has 1 fully saturated rings. The van der Waals surface area contributed by atoms with E-state index in [2.05, 4.69) is 44.8 Å². The first kappa shape index (κ1) is 22.5. The molecule has 28 heavy (non-hydrogen) atoms. The molecule has 2 rings (SSSR count). The summed E-state index contributed by atoms with van der Waals surface area (Å²) in [7, 11) is 1.46. The van der Waals surface area contributed by atoms with Crippen molar-refractivity contribution in [2.75, 3.05) is 46.3 Å². The molecule has 0 bridgehead atoms. The highest BCUT2D eigenvalue weighted by Gasteiger charge is 2.28. The Labute approximate surface area is 166 Å². The molecule has 1 heterocycles. The van der Waals surface area contributed by atoms with E-state index in [-0.39, 0.29) is 6.54 Å². The van der Waals surface area contributed by atoms with Gasteiger partial charge in [-0.05, 0) is 51.0 Å². The molecule has 158 valence electrons. The molecule has 0 atom stereocenters. The number of likely N-dealkylation sites (tertiary alicyclic amines) is 1. The van der Waals surface area contributed by atoms with E-state index >= 15 is 0 Å². The van der Waals surface area contributed by atoms with Gasteiger partial charge in [-0.15, -0.1) is 0 Å². The van der Waals surface area contributed by atoms with Crippen LogP contribution in [0, 0.1) is 0 Å². The molecule has 1 aromatic rings. The van der Waals surface area contributed by atoms with Crippen LogP contribution in [0.1, 0.15) is 30.9 Å². The number of nitrogens with zero attached hydrogens (tertiary/aromatic N) is 3. The van der Waals surface area contributed by atoms with Gasteiger partial charge in [-0.2, -0.15) is 13.2 Å². The number of guanidine groups is 1. The fourth-order valence-corrected chi connectivity index (χ4v) is 3.21. The Morgan fingerprint density at radius 2 is 1.75 bits per heavy atom. The molecule has 0 aliphatic carbocycles. The van der Waals surface area contributed by atoms with E-state index in [1.807, 2.05) is 6.92 Å². The minimum atomic E-state index is -4.17. The van der Waals surface area contributed by atoms with Crippen molar-refractivity contribution in [2.45, 2.75) is 39.0 Å². The quantitative estimate of drug-likeness (QED) is 0.495. The highest BCUT2D eigenvalue weighted by atomic mass is 19.4. The maximum atomic E-state index is 12.4. The van der Waals surface area contributed by atoms with Crippen molar-refractivity contribution in [3.05, 3.63) is 35.4 Å². The number of likely N-dealkylation sites (N-methyl/N-ethyl adjacent to an activating group) is 1. The molecule has 0 amide bonds. The third-order valence-electron chi connectivity index (χ3n) is 4.63. The molecule has 5 nitrogen and oxygen atoms in total. The lowest BCUT2D eigenvalue weighted by molar-refractivity contribution is -0.142. The molecule has 1 aliphatic rings. The molecule has 1 aromatic carbocycles. The lowest BCUT2D eigenvalue weighted by atomic mass is 10.1. The maximum Gasteiger partial charge on any atom is 0.401 e. The fraction of sp³-hybridized carbons (Fsp3) is 0.650. The van der Waals surface area contributed by atoms with Gasteiger partial charge in [-0.3, -0.25) is 9.80 Å². The highest BCUT2D eigenvalue weighted by molar-refractivity contribution is 5.79. The maximum absolute atomic E-state index is 12.4. The van der Waals surface area contributed by atoms with Crippen molar-refractivity contribution in [3.8, 4) is 0 Å². The molecule has 0 radical (unpaired) electrons. The van der Waals surface area contributed by atoms with Crippen LogP contribution in [0.25, 0.3) is 0 Å². The summed E-state index contributed by atoms with van der Waals surface area (Å²) in [5.41, 5.74) is 2.42. The fourth-order valence-electron chi connectivity index (χ4n) is 3.21.